The van der Waals surface area contributed by atoms with Gasteiger partial charge >= 0.3 is 0 Å². The van der Waals surface area contributed by atoms with Crippen molar-refractivity contribution < 1.29 is 0 Å². The van der Waals surface area contributed by atoms with Crippen LogP contribution in [0.4, 0.5) is 5.82 Å². The normalized spacial score (nSPS) is 10.3. The van der Waals surface area contributed by atoms with Gasteiger partial charge in [-0.05, 0) is 13.0 Å². The Morgan fingerprint density at radius 1 is 1.27 bits per heavy atom. The van der Waals surface area contributed by atoms with Crippen LogP contribution in [0.3, 0.4) is 0 Å². The summed E-state index contributed by atoms with van der Waals surface area (Å²) in [5, 5.41) is 7.31. The van der Waals surface area contributed by atoms with Gasteiger partial charge in [-0.3, -0.25) is 9.67 Å². The second kappa shape index (κ2) is 4.08. The van der Waals surface area contributed by atoms with Crippen molar-refractivity contribution in [1.82, 2.24) is 19.7 Å². The molecule has 1 N–H and O–H groups in total. The monoisotopic (exact) mass is 203 g/mol. The summed E-state index contributed by atoms with van der Waals surface area (Å²) in [6, 6.07) is 1.97. The summed E-state index contributed by atoms with van der Waals surface area (Å²) in [6.45, 7) is 2.63. The quantitative estimate of drug-likeness (QED) is 0.812. The molecule has 2 heterocycles. The van der Waals surface area contributed by atoms with Crippen molar-refractivity contribution >= 4 is 5.82 Å². The fourth-order valence-corrected chi connectivity index (χ4v) is 1.33. The third-order valence-electron chi connectivity index (χ3n) is 2.24. The number of anilines is 1. The zero-order valence-corrected chi connectivity index (χ0v) is 8.81. The van der Waals surface area contributed by atoms with Crippen molar-refractivity contribution in [3.63, 3.8) is 0 Å². The molecule has 2 aromatic heterocycles. The van der Waals surface area contributed by atoms with Gasteiger partial charge in [-0.2, -0.15) is 5.10 Å². The van der Waals surface area contributed by atoms with E-state index in [9.17, 15) is 0 Å². The number of hydrogen-bond acceptors (Lipinski definition) is 4. The molecular weight excluding hydrogens is 190 g/mol. The van der Waals surface area contributed by atoms with E-state index in [2.05, 4.69) is 20.4 Å². The molecular formula is C10H13N5. The molecule has 0 atom stereocenters. The van der Waals surface area contributed by atoms with Crippen LogP contribution in [0.5, 0.6) is 0 Å². The minimum Gasteiger partial charge on any atom is -0.363 e. The third-order valence-corrected chi connectivity index (χ3v) is 2.24. The first-order valence-corrected chi connectivity index (χ1v) is 4.76. The highest BCUT2D eigenvalue weighted by Crippen LogP contribution is 2.07. The molecule has 78 valence electrons. The van der Waals surface area contributed by atoms with Crippen LogP contribution in [0.25, 0.3) is 0 Å². The smallest absolute Gasteiger partial charge is 0.147 e. The van der Waals surface area contributed by atoms with E-state index in [1.165, 1.54) is 0 Å². The molecule has 0 bridgehead atoms. The Morgan fingerprint density at radius 2 is 2.07 bits per heavy atom. The average Bonchev–Trinajstić information content (AvgIpc) is 2.63. The Balaban J connectivity index is 2.06. The third kappa shape index (κ3) is 2.12. The highest BCUT2D eigenvalue weighted by Gasteiger charge is 2.01. The summed E-state index contributed by atoms with van der Waals surface area (Å²) < 4.78 is 1.83. The Hall–Kier alpha value is -1.91. The summed E-state index contributed by atoms with van der Waals surface area (Å²) in [4.78, 5) is 8.36. The fourth-order valence-electron chi connectivity index (χ4n) is 1.33. The van der Waals surface area contributed by atoms with Crippen LogP contribution in [0, 0.1) is 6.92 Å². The molecule has 0 aliphatic carbocycles. The molecule has 0 aliphatic heterocycles. The molecule has 2 aromatic rings. The van der Waals surface area contributed by atoms with E-state index >= 15 is 0 Å². The van der Waals surface area contributed by atoms with E-state index in [1.807, 2.05) is 24.7 Å². The Kier molecular flexibility index (Phi) is 2.62. The topological polar surface area (TPSA) is 55.6 Å². The largest absolute Gasteiger partial charge is 0.363 e. The van der Waals surface area contributed by atoms with E-state index in [0.717, 1.165) is 17.2 Å². The lowest BCUT2D eigenvalue weighted by molar-refractivity contribution is 0.719. The van der Waals surface area contributed by atoms with Gasteiger partial charge in [0.1, 0.15) is 5.82 Å². The second-order valence-electron chi connectivity index (χ2n) is 3.29. The van der Waals surface area contributed by atoms with Gasteiger partial charge in [0.05, 0.1) is 17.9 Å². The first kappa shape index (κ1) is 9.64. The van der Waals surface area contributed by atoms with Crippen LogP contribution < -0.4 is 5.32 Å². The van der Waals surface area contributed by atoms with Gasteiger partial charge in [0, 0.05) is 25.6 Å². The van der Waals surface area contributed by atoms with Gasteiger partial charge in [-0.25, -0.2) is 4.98 Å². The van der Waals surface area contributed by atoms with Gasteiger partial charge in [-0.15, -0.1) is 0 Å². The molecule has 0 saturated carbocycles. The molecule has 15 heavy (non-hydrogen) atoms. The lowest BCUT2D eigenvalue weighted by Crippen LogP contribution is -2.07. The standard InChI is InChI=1S/C10H13N5/c1-8-10(12-6-5-11-8)13-7-9-3-4-14-15(9)2/h3-6H,7H2,1-2H3,(H,12,13). The number of hydrogen-bond donors (Lipinski definition) is 1. The Bertz CT molecular complexity index is 449. The lowest BCUT2D eigenvalue weighted by atomic mass is 10.4. The van der Waals surface area contributed by atoms with Crippen LogP contribution in [0.1, 0.15) is 11.4 Å². The van der Waals surface area contributed by atoms with Crippen molar-refractivity contribution in [3.8, 4) is 0 Å². The first-order valence-electron chi connectivity index (χ1n) is 4.76. The van der Waals surface area contributed by atoms with E-state index < -0.39 is 0 Å². The fraction of sp³-hybridized carbons (Fsp3) is 0.300. The number of nitrogens with one attached hydrogen (secondary N) is 1. The zero-order valence-electron chi connectivity index (χ0n) is 8.81. The summed E-state index contributed by atoms with van der Waals surface area (Å²) in [5.74, 6) is 0.818. The van der Waals surface area contributed by atoms with E-state index in [4.69, 9.17) is 0 Å². The van der Waals surface area contributed by atoms with Gasteiger partial charge in [0.25, 0.3) is 0 Å². The number of nitrogens with zero attached hydrogens (tertiary/aromatic N) is 4. The van der Waals surface area contributed by atoms with Gasteiger partial charge in [0.2, 0.25) is 0 Å². The van der Waals surface area contributed by atoms with Gasteiger partial charge in [0.15, 0.2) is 0 Å². The van der Waals surface area contributed by atoms with Crippen molar-refractivity contribution in [1.29, 1.82) is 0 Å². The van der Waals surface area contributed by atoms with Crippen molar-refractivity contribution in [2.45, 2.75) is 13.5 Å². The minimum atomic E-state index is 0.704. The predicted octanol–water partition coefficient (Wildman–Crippen LogP) is 1.13. The maximum atomic E-state index is 4.20. The van der Waals surface area contributed by atoms with Gasteiger partial charge in [-0.1, -0.05) is 0 Å². The molecule has 0 fully saturated rings. The average molecular weight is 203 g/mol. The second-order valence-corrected chi connectivity index (χ2v) is 3.29. The summed E-state index contributed by atoms with van der Waals surface area (Å²) in [5.41, 5.74) is 2.01. The lowest BCUT2D eigenvalue weighted by Gasteiger charge is -2.07. The summed E-state index contributed by atoms with van der Waals surface area (Å²) in [7, 11) is 1.92. The molecule has 0 saturated heterocycles. The van der Waals surface area contributed by atoms with Crippen molar-refractivity contribution in [3.05, 3.63) is 36.0 Å². The van der Waals surface area contributed by atoms with Crippen molar-refractivity contribution in [2.24, 2.45) is 7.05 Å². The molecule has 0 aromatic carbocycles. The summed E-state index contributed by atoms with van der Waals surface area (Å²) >= 11 is 0. The predicted molar refractivity (Wildman–Crippen MR) is 57.3 cm³/mol. The highest BCUT2D eigenvalue weighted by atomic mass is 15.3. The molecule has 0 unspecified atom stereocenters. The number of aryl methyl sites for hydroxylation is 2. The van der Waals surface area contributed by atoms with E-state index in [0.29, 0.717) is 6.54 Å². The number of aromatic nitrogens is 4. The molecule has 0 aliphatic rings. The molecule has 2 rings (SSSR count). The molecule has 0 spiro atoms. The number of rotatable bonds is 3. The van der Waals surface area contributed by atoms with Crippen LogP contribution in [0.2, 0.25) is 0 Å². The molecule has 5 heteroatoms. The zero-order chi connectivity index (χ0) is 10.7. The van der Waals surface area contributed by atoms with Crippen LogP contribution in [-0.4, -0.2) is 19.7 Å². The highest BCUT2D eigenvalue weighted by molar-refractivity contribution is 5.38. The van der Waals surface area contributed by atoms with Crippen LogP contribution in [0.15, 0.2) is 24.7 Å². The Morgan fingerprint density at radius 3 is 2.73 bits per heavy atom. The molecule has 0 amide bonds. The summed E-state index contributed by atoms with van der Waals surface area (Å²) in [6.07, 6.45) is 5.14. The Labute approximate surface area is 88.2 Å². The van der Waals surface area contributed by atoms with E-state index in [1.54, 1.807) is 18.6 Å². The van der Waals surface area contributed by atoms with Crippen molar-refractivity contribution in [2.75, 3.05) is 5.32 Å². The van der Waals surface area contributed by atoms with E-state index in [-0.39, 0.29) is 0 Å². The maximum Gasteiger partial charge on any atom is 0.147 e. The molecule has 5 nitrogen and oxygen atoms in total. The molecule has 0 radical (unpaired) electrons. The maximum absolute atomic E-state index is 4.20. The van der Waals surface area contributed by atoms with Gasteiger partial charge < -0.3 is 5.32 Å². The SMILES string of the molecule is Cc1nccnc1NCc1ccnn1C. The minimum absolute atomic E-state index is 0.704. The first-order chi connectivity index (χ1) is 7.27. The van der Waals surface area contributed by atoms with Crippen LogP contribution in [-0.2, 0) is 13.6 Å². The van der Waals surface area contributed by atoms with Crippen LogP contribution >= 0.6 is 0 Å².